The molecule has 2 aromatic heterocycles. The molecule has 12 nitrogen and oxygen atoms in total. The molecule has 4 atom stereocenters. The fourth-order valence-corrected chi connectivity index (χ4v) is 7.04. The quantitative estimate of drug-likeness (QED) is 0.299. The summed E-state index contributed by atoms with van der Waals surface area (Å²) in [6.45, 7) is 5.24. The largest absolute Gasteiger partial charge is 0.481 e. The fraction of sp³-hybridized carbons (Fsp3) is 0.457. The highest BCUT2D eigenvalue weighted by atomic mass is 35.5. The van der Waals surface area contributed by atoms with E-state index in [0.29, 0.717) is 41.0 Å². The molecule has 0 saturated carbocycles. The topological polar surface area (TPSA) is 160 Å². The number of rotatable bonds is 5. The molecule has 3 aliphatic rings. The summed E-state index contributed by atoms with van der Waals surface area (Å²) < 4.78 is 12.0. The summed E-state index contributed by atoms with van der Waals surface area (Å²) in [6.07, 6.45) is 2.71. The number of carboxylic acid groups (broad SMARTS) is 1. The van der Waals surface area contributed by atoms with Crippen LogP contribution in [-0.2, 0) is 19.1 Å². The SMILES string of the molecule is CC(C)(C)OC(=O)N[C@H]1CCCCC2=C(C2)N=C[C@@H]2[C@@H](C(=O)O)CC(=O)N2[C@H](Oc2nc3cc(Cl)ccc3nc2-c2cccs2)CCC1=O. The molecular formula is C35H38ClN5O7S. The zero-order chi connectivity index (χ0) is 34.9. The number of aliphatic imine (C=N–C) groups is 1. The van der Waals surface area contributed by atoms with Crippen molar-refractivity contribution < 1.29 is 33.8 Å². The van der Waals surface area contributed by atoms with Crippen molar-refractivity contribution in [3.63, 3.8) is 0 Å². The van der Waals surface area contributed by atoms with E-state index >= 15 is 0 Å². The lowest BCUT2D eigenvalue weighted by atomic mass is 9.99. The van der Waals surface area contributed by atoms with Gasteiger partial charge in [-0.25, -0.2) is 14.8 Å². The first-order valence-electron chi connectivity index (χ1n) is 16.4. The first-order valence-corrected chi connectivity index (χ1v) is 17.6. The number of halogens is 1. The van der Waals surface area contributed by atoms with E-state index in [4.69, 9.17) is 31.0 Å². The molecule has 3 aromatic rings. The van der Waals surface area contributed by atoms with Gasteiger partial charge in [0.15, 0.2) is 12.0 Å². The van der Waals surface area contributed by atoms with Gasteiger partial charge in [-0.3, -0.25) is 24.3 Å². The lowest BCUT2D eigenvalue weighted by Crippen LogP contribution is -2.49. The number of amides is 2. The number of alkyl carbamates (subject to hydrolysis) is 1. The Labute approximate surface area is 292 Å². The van der Waals surface area contributed by atoms with Gasteiger partial charge in [-0.2, -0.15) is 0 Å². The number of Topliss-reactive ketones (excluding diaryl/α,β-unsaturated/α-hetero) is 1. The molecule has 0 unspecified atom stereocenters. The maximum atomic E-state index is 13.8. The molecule has 1 saturated heterocycles. The van der Waals surface area contributed by atoms with Crippen LogP contribution in [0.4, 0.5) is 4.79 Å². The van der Waals surface area contributed by atoms with Crippen molar-refractivity contribution in [2.75, 3.05) is 0 Å². The zero-order valence-corrected chi connectivity index (χ0v) is 29.1. The number of nitrogens with zero attached hydrogens (tertiary/aromatic N) is 4. The zero-order valence-electron chi connectivity index (χ0n) is 27.5. The monoisotopic (exact) mass is 707 g/mol. The Morgan fingerprint density at radius 2 is 1.90 bits per heavy atom. The maximum Gasteiger partial charge on any atom is 0.408 e. The van der Waals surface area contributed by atoms with Gasteiger partial charge in [-0.05, 0) is 75.3 Å². The number of carboxylic acids is 1. The lowest BCUT2D eigenvalue weighted by Gasteiger charge is -2.33. The molecule has 2 aliphatic heterocycles. The lowest BCUT2D eigenvalue weighted by molar-refractivity contribution is -0.142. The van der Waals surface area contributed by atoms with E-state index in [9.17, 15) is 24.3 Å². The van der Waals surface area contributed by atoms with Gasteiger partial charge >= 0.3 is 12.1 Å². The number of hydrogen-bond acceptors (Lipinski definition) is 10. The number of thiophene rings is 1. The second-order valence-corrected chi connectivity index (χ2v) is 14.8. The highest BCUT2D eigenvalue weighted by Crippen LogP contribution is 2.39. The number of carbonyl (C=O) groups excluding carboxylic acids is 3. The standard InChI is InChI=1S/C35H38ClN5O7S/c1-35(2,3)48-34(46)40-23-8-5-4-7-19-15-24(19)37-18-26-21(33(44)45)17-29(43)41(26)30(13-12-27(23)42)47-32-31(28-9-6-14-49-28)38-22-11-10-20(36)16-25(22)39-32/h6,9-11,14,16,18,21,23,26,30H,4-5,7-8,12-13,15,17H2,1-3H3,(H,40,46)(H,44,45)/t21-,23-,26+,30+/m0/s1. The van der Waals surface area contributed by atoms with Crippen molar-refractivity contribution in [3.8, 4) is 16.5 Å². The number of nitrogens with one attached hydrogen (secondary N) is 1. The van der Waals surface area contributed by atoms with Crippen LogP contribution in [0.3, 0.4) is 0 Å². The Bertz CT molecular complexity index is 1840. The van der Waals surface area contributed by atoms with Crippen LogP contribution in [0.15, 0.2) is 52.0 Å². The van der Waals surface area contributed by atoms with Gasteiger partial charge in [0, 0.05) is 42.6 Å². The molecular weight excluding hydrogens is 670 g/mol. The first-order chi connectivity index (χ1) is 23.4. The van der Waals surface area contributed by atoms with Crippen molar-refractivity contribution in [1.29, 1.82) is 0 Å². The Hall–Kier alpha value is -4.36. The normalized spacial score (nSPS) is 23.4. The van der Waals surface area contributed by atoms with Crippen LogP contribution >= 0.6 is 22.9 Å². The van der Waals surface area contributed by atoms with Crippen LogP contribution in [0.25, 0.3) is 21.6 Å². The van der Waals surface area contributed by atoms with E-state index in [1.165, 1.54) is 22.5 Å². The number of allylic oxidation sites excluding steroid dienone is 2. The average Bonchev–Trinajstić information content (AvgIpc) is 3.38. The average molecular weight is 708 g/mol. The van der Waals surface area contributed by atoms with Crippen molar-refractivity contribution in [3.05, 3.63) is 52.0 Å². The van der Waals surface area contributed by atoms with E-state index in [-0.39, 0.29) is 30.9 Å². The minimum Gasteiger partial charge on any atom is -0.481 e. The van der Waals surface area contributed by atoms with Crippen LogP contribution < -0.4 is 10.1 Å². The minimum atomic E-state index is -1.13. The molecule has 2 N–H and O–H groups in total. The van der Waals surface area contributed by atoms with Crippen molar-refractivity contribution in [1.82, 2.24) is 20.2 Å². The van der Waals surface area contributed by atoms with Crippen LogP contribution in [0.2, 0.25) is 5.02 Å². The van der Waals surface area contributed by atoms with Gasteiger partial charge in [0.25, 0.3) is 0 Å². The second kappa shape index (κ2) is 14.2. The molecule has 1 fully saturated rings. The molecule has 258 valence electrons. The number of fused-ring (bicyclic) bond motifs is 2. The van der Waals surface area contributed by atoms with Gasteiger partial charge in [0.1, 0.15) is 11.3 Å². The molecule has 6 rings (SSSR count). The maximum absolute atomic E-state index is 13.8. The van der Waals surface area contributed by atoms with Gasteiger partial charge in [0.05, 0.1) is 33.9 Å². The number of aromatic nitrogens is 2. The van der Waals surface area contributed by atoms with Gasteiger partial charge in [-0.15, -0.1) is 11.3 Å². The van der Waals surface area contributed by atoms with E-state index < -0.39 is 47.8 Å². The molecule has 1 aliphatic carbocycles. The molecule has 1 aromatic carbocycles. The van der Waals surface area contributed by atoms with Crippen molar-refractivity contribution in [2.45, 2.75) is 96.1 Å². The fourth-order valence-electron chi connectivity index (χ4n) is 6.17. The third-order valence-corrected chi connectivity index (χ3v) is 9.74. The Balaban J connectivity index is 1.39. The molecule has 0 bridgehead atoms. The van der Waals surface area contributed by atoms with Gasteiger partial charge in [-0.1, -0.05) is 24.1 Å². The van der Waals surface area contributed by atoms with Crippen molar-refractivity contribution in [2.24, 2.45) is 10.9 Å². The van der Waals surface area contributed by atoms with Crippen LogP contribution in [0.5, 0.6) is 5.88 Å². The van der Waals surface area contributed by atoms with Crippen molar-refractivity contribution >= 4 is 63.9 Å². The van der Waals surface area contributed by atoms with Crippen LogP contribution in [-0.4, -0.2) is 73.9 Å². The Morgan fingerprint density at radius 3 is 2.63 bits per heavy atom. The number of hydrogen-bond donors (Lipinski definition) is 2. The Kier molecular flexibility index (Phi) is 10.0. The molecule has 4 heterocycles. The molecule has 2 amide bonds. The minimum absolute atomic E-state index is 0.0131. The van der Waals surface area contributed by atoms with E-state index in [2.05, 4.69) is 10.3 Å². The van der Waals surface area contributed by atoms with E-state index in [1.54, 1.807) is 39.0 Å². The third-order valence-electron chi connectivity index (χ3n) is 8.63. The summed E-state index contributed by atoms with van der Waals surface area (Å²) >= 11 is 7.71. The second-order valence-electron chi connectivity index (χ2n) is 13.5. The number of carbonyl (C=O) groups is 4. The van der Waals surface area contributed by atoms with Crippen LogP contribution in [0.1, 0.15) is 72.1 Å². The predicted octanol–water partition coefficient (Wildman–Crippen LogP) is 6.56. The summed E-state index contributed by atoms with van der Waals surface area (Å²) in [5, 5.41) is 15.2. The smallest absolute Gasteiger partial charge is 0.408 e. The van der Waals surface area contributed by atoms with E-state index in [1.807, 2.05) is 17.5 Å². The summed E-state index contributed by atoms with van der Waals surface area (Å²) in [4.78, 5) is 69.1. The number of ketones is 1. The molecule has 14 heteroatoms. The summed E-state index contributed by atoms with van der Waals surface area (Å²) in [5.41, 5.74) is 2.73. The van der Waals surface area contributed by atoms with Gasteiger partial charge in [0.2, 0.25) is 11.8 Å². The number of ether oxygens (including phenoxy) is 2. The highest BCUT2D eigenvalue weighted by molar-refractivity contribution is 7.13. The summed E-state index contributed by atoms with van der Waals surface area (Å²) in [6, 6.07) is 7.09. The van der Waals surface area contributed by atoms with Crippen LogP contribution in [0, 0.1) is 5.92 Å². The number of benzene rings is 1. The molecule has 0 radical (unpaired) electrons. The summed E-state index contributed by atoms with van der Waals surface area (Å²) in [5.74, 6) is -2.82. The highest BCUT2D eigenvalue weighted by Gasteiger charge is 2.47. The first kappa shape index (κ1) is 34.5. The number of aliphatic carboxylic acids is 1. The third kappa shape index (κ3) is 8.27. The Morgan fingerprint density at radius 1 is 1.08 bits per heavy atom. The van der Waals surface area contributed by atoms with E-state index in [0.717, 1.165) is 29.0 Å². The summed E-state index contributed by atoms with van der Waals surface area (Å²) in [7, 11) is 0. The molecule has 0 spiro atoms. The predicted molar refractivity (Wildman–Crippen MR) is 185 cm³/mol. The molecule has 49 heavy (non-hydrogen) atoms. The van der Waals surface area contributed by atoms with Gasteiger partial charge < -0.3 is 19.9 Å².